The molecule has 4 aromatic carbocycles. The molecule has 176 valence electrons. The second kappa shape index (κ2) is 11.1. The van der Waals surface area contributed by atoms with Crippen LogP contribution in [-0.2, 0) is 21.5 Å². The van der Waals surface area contributed by atoms with Gasteiger partial charge in [-0.1, -0.05) is 121 Å². The molecule has 0 fully saturated rings. The van der Waals surface area contributed by atoms with Gasteiger partial charge in [-0.05, 0) is 22.3 Å². The summed E-state index contributed by atoms with van der Waals surface area (Å²) in [6, 6.07) is 37.1. The van der Waals surface area contributed by atoms with Crippen molar-refractivity contribution in [1.29, 1.82) is 0 Å². The number of benzene rings is 4. The van der Waals surface area contributed by atoms with Gasteiger partial charge in [-0.15, -0.1) is 0 Å². The molecule has 0 spiro atoms. The molecular formula is C30H27NO3S. The minimum absolute atomic E-state index is 0.0376. The number of nitrogens with zero attached hydrogens (tertiary/aromatic N) is 1. The zero-order valence-corrected chi connectivity index (χ0v) is 20.1. The third-order valence-electron chi connectivity index (χ3n) is 6.17. The molecule has 35 heavy (non-hydrogen) atoms. The summed E-state index contributed by atoms with van der Waals surface area (Å²) in [7, 11) is 0. The molecule has 0 aliphatic carbocycles. The quantitative estimate of drug-likeness (QED) is 0.247. The number of carbonyl (C=O) groups is 2. The summed E-state index contributed by atoms with van der Waals surface area (Å²) in [4.78, 5) is 28.4. The molecule has 1 atom stereocenters. The highest BCUT2D eigenvalue weighted by Gasteiger charge is 2.49. The first kappa shape index (κ1) is 24.3. The molecule has 0 aromatic heterocycles. The molecule has 0 aliphatic heterocycles. The highest BCUT2D eigenvalue weighted by molar-refractivity contribution is 7.80. The summed E-state index contributed by atoms with van der Waals surface area (Å²) >= 11 is 4.41. The van der Waals surface area contributed by atoms with Gasteiger partial charge in [0.25, 0.3) is 0 Å². The van der Waals surface area contributed by atoms with E-state index in [9.17, 15) is 14.7 Å². The average Bonchev–Trinajstić information content (AvgIpc) is 2.91. The van der Waals surface area contributed by atoms with Crippen molar-refractivity contribution in [2.24, 2.45) is 0 Å². The molecule has 0 aliphatic rings. The highest BCUT2D eigenvalue weighted by atomic mass is 32.1. The van der Waals surface area contributed by atoms with Crippen LogP contribution in [0.3, 0.4) is 0 Å². The zero-order valence-electron chi connectivity index (χ0n) is 19.2. The monoisotopic (exact) mass is 481 g/mol. The fourth-order valence-corrected chi connectivity index (χ4v) is 5.00. The number of thiol groups is 1. The Balaban J connectivity index is 2.07. The predicted molar refractivity (Wildman–Crippen MR) is 141 cm³/mol. The van der Waals surface area contributed by atoms with E-state index in [1.165, 1.54) is 4.90 Å². The van der Waals surface area contributed by atoms with E-state index in [1.807, 2.05) is 121 Å². The minimum Gasteiger partial charge on any atom is -0.480 e. The van der Waals surface area contributed by atoms with Crippen molar-refractivity contribution in [1.82, 2.24) is 4.90 Å². The first-order chi connectivity index (χ1) is 17.1. The third-order valence-corrected chi connectivity index (χ3v) is 6.52. The van der Waals surface area contributed by atoms with Crippen molar-refractivity contribution in [3.05, 3.63) is 144 Å². The second-order valence-electron chi connectivity index (χ2n) is 8.27. The Morgan fingerprint density at radius 3 is 1.40 bits per heavy atom. The Hall–Kier alpha value is -3.83. The fourth-order valence-electron chi connectivity index (χ4n) is 4.68. The number of carboxylic acid groups (broad SMARTS) is 1. The first-order valence-electron chi connectivity index (χ1n) is 11.5. The molecule has 1 amide bonds. The summed E-state index contributed by atoms with van der Waals surface area (Å²) in [5.41, 5.74) is 2.01. The number of carbonyl (C=O) groups excluding carboxylic acids is 1. The standard InChI is InChI=1S/C30H27NO3S/c32-28(21-23-13-5-1-6-14-23)31(27(22-35)29(33)34)30(24-15-7-2-8-16-24,25-17-9-3-10-18-25)26-19-11-4-12-20-26/h1-20,27,35H,21-22H2,(H,33,34)/t27-/m0/s1. The molecule has 0 radical (unpaired) electrons. The lowest BCUT2D eigenvalue weighted by Crippen LogP contribution is -2.59. The molecular weight excluding hydrogens is 454 g/mol. The van der Waals surface area contributed by atoms with Crippen LogP contribution in [0.1, 0.15) is 22.3 Å². The van der Waals surface area contributed by atoms with Crippen molar-refractivity contribution >= 4 is 24.5 Å². The Labute approximate surface area is 211 Å². The summed E-state index contributed by atoms with van der Waals surface area (Å²) in [6.07, 6.45) is 0.0622. The van der Waals surface area contributed by atoms with Crippen LogP contribution in [0, 0.1) is 0 Å². The topological polar surface area (TPSA) is 57.6 Å². The van der Waals surface area contributed by atoms with Crippen molar-refractivity contribution in [2.75, 3.05) is 5.75 Å². The lowest BCUT2D eigenvalue weighted by molar-refractivity contribution is -0.152. The Morgan fingerprint density at radius 2 is 1.06 bits per heavy atom. The summed E-state index contributed by atoms with van der Waals surface area (Å²) < 4.78 is 0. The van der Waals surface area contributed by atoms with Gasteiger partial charge in [0, 0.05) is 5.75 Å². The SMILES string of the molecule is O=C(O)[C@H](CS)N(C(=O)Cc1ccccc1)C(c1ccccc1)(c1ccccc1)c1ccccc1. The first-order valence-corrected chi connectivity index (χ1v) is 12.1. The maximum absolute atomic E-state index is 14.2. The van der Waals surface area contributed by atoms with Crippen LogP contribution < -0.4 is 0 Å². The van der Waals surface area contributed by atoms with Crippen LogP contribution in [0.25, 0.3) is 0 Å². The van der Waals surface area contributed by atoms with Crippen LogP contribution in [0.15, 0.2) is 121 Å². The van der Waals surface area contributed by atoms with E-state index < -0.39 is 17.6 Å². The van der Waals surface area contributed by atoms with Crippen molar-refractivity contribution in [3.8, 4) is 0 Å². The van der Waals surface area contributed by atoms with Gasteiger partial charge < -0.3 is 10.0 Å². The number of rotatable bonds is 9. The summed E-state index contributed by atoms with van der Waals surface area (Å²) in [5, 5.41) is 10.3. The zero-order chi connectivity index (χ0) is 24.7. The maximum Gasteiger partial charge on any atom is 0.327 e. The van der Waals surface area contributed by atoms with Gasteiger partial charge in [0.05, 0.1) is 6.42 Å². The van der Waals surface area contributed by atoms with Crippen LogP contribution in [-0.4, -0.2) is 33.7 Å². The van der Waals surface area contributed by atoms with E-state index >= 15 is 0 Å². The van der Waals surface area contributed by atoms with Gasteiger partial charge in [0.1, 0.15) is 11.6 Å². The van der Waals surface area contributed by atoms with Crippen LogP contribution >= 0.6 is 12.6 Å². The van der Waals surface area contributed by atoms with Gasteiger partial charge in [-0.25, -0.2) is 4.79 Å². The number of hydrogen-bond acceptors (Lipinski definition) is 3. The lowest BCUT2D eigenvalue weighted by Gasteiger charge is -2.48. The van der Waals surface area contributed by atoms with Gasteiger partial charge in [-0.3, -0.25) is 4.79 Å². The van der Waals surface area contributed by atoms with Gasteiger partial charge in [0.15, 0.2) is 0 Å². The highest BCUT2D eigenvalue weighted by Crippen LogP contribution is 2.44. The van der Waals surface area contributed by atoms with E-state index in [1.54, 1.807) is 0 Å². The van der Waals surface area contributed by atoms with E-state index in [2.05, 4.69) is 12.6 Å². The van der Waals surface area contributed by atoms with E-state index in [-0.39, 0.29) is 18.1 Å². The smallest absolute Gasteiger partial charge is 0.327 e. The van der Waals surface area contributed by atoms with Crippen LogP contribution in [0.4, 0.5) is 0 Å². The molecule has 4 aromatic rings. The van der Waals surface area contributed by atoms with Crippen molar-refractivity contribution in [3.63, 3.8) is 0 Å². The number of aliphatic carboxylic acids is 1. The van der Waals surface area contributed by atoms with Gasteiger partial charge >= 0.3 is 5.97 Å². The summed E-state index contributed by atoms with van der Waals surface area (Å²) in [6.45, 7) is 0. The summed E-state index contributed by atoms with van der Waals surface area (Å²) in [5.74, 6) is -1.44. The molecule has 4 rings (SSSR count). The van der Waals surface area contributed by atoms with Crippen LogP contribution in [0.2, 0.25) is 0 Å². The molecule has 0 saturated carbocycles. The number of amides is 1. The Morgan fingerprint density at radius 1 is 0.686 bits per heavy atom. The minimum atomic E-state index is -1.19. The van der Waals surface area contributed by atoms with E-state index in [0.29, 0.717) is 0 Å². The molecule has 1 N–H and O–H groups in total. The molecule has 0 heterocycles. The molecule has 0 unspecified atom stereocenters. The lowest BCUT2D eigenvalue weighted by atomic mass is 9.74. The predicted octanol–water partition coefficient (Wildman–Crippen LogP) is 5.43. The van der Waals surface area contributed by atoms with Crippen molar-refractivity contribution < 1.29 is 14.7 Å². The normalized spacial score (nSPS) is 12.0. The second-order valence-corrected chi connectivity index (χ2v) is 8.64. The Kier molecular flexibility index (Phi) is 7.68. The molecule has 4 nitrogen and oxygen atoms in total. The molecule has 5 heteroatoms. The van der Waals surface area contributed by atoms with E-state index in [0.717, 1.165) is 22.3 Å². The number of hydrogen-bond donors (Lipinski definition) is 2. The average molecular weight is 482 g/mol. The largest absolute Gasteiger partial charge is 0.480 e. The fraction of sp³-hybridized carbons (Fsp3) is 0.133. The van der Waals surface area contributed by atoms with Gasteiger partial charge in [-0.2, -0.15) is 12.6 Å². The Bertz CT molecular complexity index is 1150. The van der Waals surface area contributed by atoms with Gasteiger partial charge in [0.2, 0.25) is 5.91 Å². The molecule has 0 saturated heterocycles. The van der Waals surface area contributed by atoms with Crippen LogP contribution in [0.5, 0.6) is 0 Å². The van der Waals surface area contributed by atoms with Crippen molar-refractivity contribution in [2.45, 2.75) is 18.0 Å². The van der Waals surface area contributed by atoms with E-state index in [4.69, 9.17) is 0 Å². The molecule has 0 bridgehead atoms. The third kappa shape index (κ3) is 4.86. The number of carboxylic acids is 1. The maximum atomic E-state index is 14.2.